The molecule has 3 nitrogen and oxygen atoms in total. The highest BCUT2D eigenvalue weighted by Crippen LogP contribution is 2.36. The first kappa shape index (κ1) is 22.9. The summed E-state index contributed by atoms with van der Waals surface area (Å²) < 4.78 is 40.3. The third kappa shape index (κ3) is 4.98. The van der Waals surface area contributed by atoms with Gasteiger partial charge in [-0.2, -0.15) is 13.2 Å². The fourth-order valence-electron chi connectivity index (χ4n) is 3.92. The molecular formula is C28H19ClF3N3. The number of hydrogen-bond acceptors (Lipinski definition) is 3. The highest BCUT2D eigenvalue weighted by Gasteiger charge is 2.34. The molecular weight excluding hydrogens is 471 g/mol. The van der Waals surface area contributed by atoms with Crippen molar-refractivity contribution in [1.29, 1.82) is 0 Å². The fraction of sp³-hybridized carbons (Fsp3) is 0.0714. The van der Waals surface area contributed by atoms with E-state index < -0.39 is 11.7 Å². The number of nitrogens with zero attached hydrogens (tertiary/aromatic N) is 2. The quantitative estimate of drug-likeness (QED) is 0.270. The summed E-state index contributed by atoms with van der Waals surface area (Å²) in [5.41, 5.74) is 3.83. The molecule has 1 N–H and O–H groups in total. The molecule has 7 heteroatoms. The summed E-state index contributed by atoms with van der Waals surface area (Å²) in [6.45, 7) is 0.568. The first-order chi connectivity index (χ1) is 16.9. The minimum atomic E-state index is -4.48. The second-order valence-electron chi connectivity index (χ2n) is 8.03. The zero-order valence-electron chi connectivity index (χ0n) is 18.4. The molecule has 5 rings (SSSR count). The summed E-state index contributed by atoms with van der Waals surface area (Å²) in [7, 11) is 0. The van der Waals surface area contributed by atoms with E-state index in [4.69, 9.17) is 11.6 Å². The van der Waals surface area contributed by atoms with Crippen LogP contribution in [0.1, 0.15) is 11.1 Å². The van der Waals surface area contributed by atoms with E-state index in [1.165, 1.54) is 12.1 Å². The lowest BCUT2D eigenvalue weighted by Crippen LogP contribution is -2.08. The van der Waals surface area contributed by atoms with Gasteiger partial charge < -0.3 is 5.32 Å². The van der Waals surface area contributed by atoms with Gasteiger partial charge >= 0.3 is 6.18 Å². The predicted octanol–water partition coefficient (Wildman–Crippen LogP) is 8.25. The molecule has 5 aromatic rings. The van der Waals surface area contributed by atoms with Gasteiger partial charge in [-0.05, 0) is 47.0 Å². The molecule has 35 heavy (non-hydrogen) atoms. The van der Waals surface area contributed by atoms with Crippen LogP contribution < -0.4 is 5.32 Å². The fourth-order valence-corrected chi connectivity index (χ4v) is 4.04. The van der Waals surface area contributed by atoms with Crippen molar-refractivity contribution in [3.05, 3.63) is 113 Å². The van der Waals surface area contributed by atoms with Crippen LogP contribution in [0.25, 0.3) is 33.4 Å². The Kier molecular flexibility index (Phi) is 6.14. The van der Waals surface area contributed by atoms with Crippen LogP contribution in [0, 0.1) is 0 Å². The Labute approximate surface area is 205 Å². The average Bonchev–Trinajstić information content (AvgIpc) is 2.87. The summed E-state index contributed by atoms with van der Waals surface area (Å²) in [4.78, 5) is 8.68. The van der Waals surface area contributed by atoms with Gasteiger partial charge in [-0.3, -0.25) is 0 Å². The number of alkyl halides is 3. The Morgan fingerprint density at radius 1 is 0.771 bits per heavy atom. The van der Waals surface area contributed by atoms with Gasteiger partial charge in [0.2, 0.25) is 0 Å². The minimum absolute atomic E-state index is 0.0407. The van der Waals surface area contributed by atoms with E-state index in [2.05, 4.69) is 27.4 Å². The average molecular weight is 490 g/mol. The van der Waals surface area contributed by atoms with E-state index in [-0.39, 0.29) is 11.4 Å². The zero-order valence-corrected chi connectivity index (χ0v) is 19.1. The topological polar surface area (TPSA) is 37.8 Å². The number of anilines is 1. The molecule has 0 amide bonds. The van der Waals surface area contributed by atoms with Crippen LogP contribution >= 0.6 is 11.6 Å². The van der Waals surface area contributed by atoms with Crippen LogP contribution in [0.5, 0.6) is 0 Å². The number of benzene rings is 4. The van der Waals surface area contributed by atoms with Gasteiger partial charge in [-0.1, -0.05) is 72.3 Å². The normalized spacial score (nSPS) is 11.5. The van der Waals surface area contributed by atoms with Crippen LogP contribution in [0.2, 0.25) is 5.02 Å². The van der Waals surface area contributed by atoms with Crippen molar-refractivity contribution >= 4 is 28.2 Å². The van der Waals surface area contributed by atoms with E-state index in [9.17, 15) is 13.2 Å². The number of aromatic nitrogens is 2. The van der Waals surface area contributed by atoms with Gasteiger partial charge in [-0.25, -0.2) is 9.97 Å². The summed E-state index contributed by atoms with van der Waals surface area (Å²) in [6.07, 6.45) is -2.92. The van der Waals surface area contributed by atoms with Gasteiger partial charge in [0.1, 0.15) is 0 Å². The van der Waals surface area contributed by atoms with Gasteiger partial charge in [0.25, 0.3) is 0 Å². The molecule has 0 saturated carbocycles. The second kappa shape index (κ2) is 9.39. The molecule has 0 radical (unpaired) electrons. The van der Waals surface area contributed by atoms with Crippen molar-refractivity contribution < 1.29 is 13.2 Å². The molecule has 4 aromatic carbocycles. The van der Waals surface area contributed by atoms with E-state index in [1.807, 2.05) is 48.5 Å². The van der Waals surface area contributed by atoms with Crippen molar-refractivity contribution in [2.24, 2.45) is 0 Å². The monoisotopic (exact) mass is 489 g/mol. The molecule has 0 aliphatic heterocycles. The van der Waals surface area contributed by atoms with Crippen LogP contribution in [0.4, 0.5) is 18.9 Å². The van der Waals surface area contributed by atoms with E-state index >= 15 is 0 Å². The van der Waals surface area contributed by atoms with Crippen LogP contribution in [0.3, 0.4) is 0 Å². The molecule has 1 heterocycles. The summed E-state index contributed by atoms with van der Waals surface area (Å²) in [5.74, 6) is 0.0420. The molecule has 0 fully saturated rings. The lowest BCUT2D eigenvalue weighted by Gasteiger charge is -2.13. The lowest BCUT2D eigenvalue weighted by atomic mass is 10.0. The van der Waals surface area contributed by atoms with Crippen molar-refractivity contribution in [3.8, 4) is 22.5 Å². The third-order valence-corrected chi connectivity index (χ3v) is 5.97. The number of hydrogen-bond donors (Lipinski definition) is 1. The maximum absolute atomic E-state index is 13.4. The number of halogens is 4. The molecule has 0 bridgehead atoms. The summed E-state index contributed by atoms with van der Waals surface area (Å²) in [6, 6.07) is 26.7. The van der Waals surface area contributed by atoms with Crippen molar-refractivity contribution in [1.82, 2.24) is 9.97 Å². The number of rotatable bonds is 5. The predicted molar refractivity (Wildman–Crippen MR) is 134 cm³/mol. The van der Waals surface area contributed by atoms with Crippen LogP contribution in [0.15, 0.2) is 97.2 Å². The standard InChI is InChI=1S/C28H19ClF3N3/c29-21-14-12-20(13-15-21)19-10-8-18(9-11-19)16-33-25-6-3-7-26-23(25)17-34-27(35-26)22-4-1-2-5-24(22)28(30,31)32/h1-15,17,33H,16H2. The Bertz CT molecular complexity index is 1480. The van der Waals surface area contributed by atoms with Crippen molar-refractivity contribution in [2.45, 2.75) is 12.7 Å². The Morgan fingerprint density at radius 3 is 2.17 bits per heavy atom. The smallest absolute Gasteiger partial charge is 0.380 e. The van der Waals surface area contributed by atoms with Gasteiger partial charge in [0.05, 0.1) is 11.1 Å². The molecule has 0 spiro atoms. The number of nitrogens with one attached hydrogen (secondary N) is 1. The molecule has 1 aromatic heterocycles. The maximum atomic E-state index is 13.4. The zero-order chi connectivity index (χ0) is 24.4. The first-order valence-corrected chi connectivity index (χ1v) is 11.3. The van der Waals surface area contributed by atoms with Crippen LogP contribution in [-0.2, 0) is 12.7 Å². The molecule has 0 aliphatic carbocycles. The molecule has 0 atom stereocenters. The van der Waals surface area contributed by atoms with E-state index in [0.717, 1.165) is 33.8 Å². The molecule has 174 valence electrons. The second-order valence-corrected chi connectivity index (χ2v) is 8.47. The summed E-state index contributed by atoms with van der Waals surface area (Å²) in [5, 5.41) is 4.82. The van der Waals surface area contributed by atoms with Crippen LogP contribution in [-0.4, -0.2) is 9.97 Å². The molecule has 0 saturated heterocycles. The molecule has 0 unspecified atom stereocenters. The van der Waals surface area contributed by atoms with Crippen molar-refractivity contribution in [3.63, 3.8) is 0 Å². The molecule has 0 aliphatic rings. The first-order valence-electron chi connectivity index (χ1n) is 10.9. The Hall–Kier alpha value is -3.90. The van der Waals surface area contributed by atoms with E-state index in [0.29, 0.717) is 17.1 Å². The third-order valence-electron chi connectivity index (χ3n) is 5.71. The van der Waals surface area contributed by atoms with E-state index in [1.54, 1.807) is 18.3 Å². The van der Waals surface area contributed by atoms with Gasteiger partial charge in [0, 0.05) is 34.4 Å². The highest BCUT2D eigenvalue weighted by molar-refractivity contribution is 6.30. The number of fused-ring (bicyclic) bond motifs is 1. The largest absolute Gasteiger partial charge is 0.417 e. The van der Waals surface area contributed by atoms with Crippen molar-refractivity contribution in [2.75, 3.05) is 5.32 Å². The van der Waals surface area contributed by atoms with Gasteiger partial charge in [0.15, 0.2) is 5.82 Å². The Morgan fingerprint density at radius 2 is 1.46 bits per heavy atom. The Balaban J connectivity index is 1.37. The maximum Gasteiger partial charge on any atom is 0.417 e. The highest BCUT2D eigenvalue weighted by atomic mass is 35.5. The van der Waals surface area contributed by atoms with Gasteiger partial charge in [-0.15, -0.1) is 0 Å². The lowest BCUT2D eigenvalue weighted by molar-refractivity contribution is -0.137. The SMILES string of the molecule is FC(F)(F)c1ccccc1-c1ncc2c(NCc3ccc(-c4ccc(Cl)cc4)cc3)cccc2n1. The minimum Gasteiger partial charge on any atom is -0.380 e. The summed E-state index contributed by atoms with van der Waals surface area (Å²) >= 11 is 5.97.